The highest BCUT2D eigenvalue weighted by Crippen LogP contribution is 2.27. The molecule has 3 heteroatoms. The zero-order valence-electron chi connectivity index (χ0n) is 8.71. The molecule has 13 heavy (non-hydrogen) atoms. The van der Waals surface area contributed by atoms with Crippen molar-refractivity contribution in [3.8, 4) is 0 Å². The normalized spacial score (nSPS) is 23.3. The maximum Gasteiger partial charge on any atom is 0.0781 e. The summed E-state index contributed by atoms with van der Waals surface area (Å²) in [6, 6.07) is 0. The molecule has 0 aromatic heterocycles. The lowest BCUT2D eigenvalue weighted by Crippen LogP contribution is -2.42. The maximum atomic E-state index is 6.14. The molecule has 0 saturated heterocycles. The van der Waals surface area contributed by atoms with Crippen LogP contribution in [0.5, 0.6) is 0 Å². The van der Waals surface area contributed by atoms with E-state index in [1.165, 1.54) is 12.8 Å². The molecule has 0 aliphatic heterocycles. The van der Waals surface area contributed by atoms with E-state index in [2.05, 4.69) is 0 Å². The van der Waals surface area contributed by atoms with Crippen molar-refractivity contribution >= 4 is 0 Å². The molecule has 0 heterocycles. The summed E-state index contributed by atoms with van der Waals surface area (Å²) in [5.74, 6) is 0. The molecule has 1 rings (SSSR count). The van der Waals surface area contributed by atoms with Gasteiger partial charge in [0.15, 0.2) is 0 Å². The van der Waals surface area contributed by atoms with E-state index in [-0.39, 0.29) is 11.6 Å². The van der Waals surface area contributed by atoms with Crippen LogP contribution < -0.4 is 5.73 Å². The van der Waals surface area contributed by atoms with Crippen LogP contribution in [0.2, 0.25) is 0 Å². The first-order valence-electron chi connectivity index (χ1n) is 5.06. The Bertz CT molecular complexity index is 144. The Hall–Kier alpha value is -0.120. The average Bonchev–Trinajstić information content (AvgIpc) is 2.51. The summed E-state index contributed by atoms with van der Waals surface area (Å²) in [5.41, 5.74) is 6.08. The lowest BCUT2D eigenvalue weighted by molar-refractivity contribution is -0.0120. The second-order valence-corrected chi connectivity index (χ2v) is 4.15. The lowest BCUT2D eigenvalue weighted by atomic mass is 10.0. The fourth-order valence-corrected chi connectivity index (χ4v) is 1.81. The highest BCUT2D eigenvalue weighted by molar-refractivity contribution is 4.89. The summed E-state index contributed by atoms with van der Waals surface area (Å²) in [6.45, 7) is 3.34. The van der Waals surface area contributed by atoms with Crippen molar-refractivity contribution in [1.29, 1.82) is 0 Å². The molecule has 1 atom stereocenters. The van der Waals surface area contributed by atoms with Crippen LogP contribution >= 0.6 is 0 Å². The predicted molar refractivity (Wildman–Crippen MR) is 52.7 cm³/mol. The van der Waals surface area contributed by atoms with Gasteiger partial charge in [0.25, 0.3) is 0 Å². The molecule has 2 N–H and O–H groups in total. The largest absolute Gasteiger partial charge is 0.382 e. The Morgan fingerprint density at radius 2 is 2.00 bits per heavy atom. The van der Waals surface area contributed by atoms with Gasteiger partial charge in [0.05, 0.1) is 19.3 Å². The Labute approximate surface area is 80.6 Å². The fraction of sp³-hybridized carbons (Fsp3) is 1.00. The van der Waals surface area contributed by atoms with Gasteiger partial charge in [-0.1, -0.05) is 12.8 Å². The van der Waals surface area contributed by atoms with E-state index < -0.39 is 0 Å². The van der Waals surface area contributed by atoms with Gasteiger partial charge >= 0.3 is 0 Å². The minimum absolute atomic E-state index is 0.0536. The average molecular weight is 187 g/mol. The van der Waals surface area contributed by atoms with Crippen LogP contribution in [0.4, 0.5) is 0 Å². The van der Waals surface area contributed by atoms with E-state index in [9.17, 15) is 0 Å². The van der Waals surface area contributed by atoms with Gasteiger partial charge in [-0.05, 0) is 19.8 Å². The minimum Gasteiger partial charge on any atom is -0.382 e. The summed E-state index contributed by atoms with van der Waals surface area (Å²) in [7, 11) is 1.69. The number of nitrogens with two attached hydrogens (primary N) is 1. The molecule has 1 unspecified atom stereocenters. The zero-order valence-corrected chi connectivity index (χ0v) is 8.71. The monoisotopic (exact) mass is 187 g/mol. The standard InChI is InChI=1S/C10H21NO2/c1-9(7-12-2)13-8-10(11)5-3-4-6-10/h9H,3-8,11H2,1-2H3. The van der Waals surface area contributed by atoms with Crippen molar-refractivity contribution in [1.82, 2.24) is 0 Å². The molecular weight excluding hydrogens is 166 g/mol. The minimum atomic E-state index is -0.0536. The van der Waals surface area contributed by atoms with E-state index in [1.807, 2.05) is 6.92 Å². The van der Waals surface area contributed by atoms with E-state index >= 15 is 0 Å². The Balaban J connectivity index is 2.17. The Kier molecular flexibility index (Phi) is 4.16. The van der Waals surface area contributed by atoms with Gasteiger partial charge in [0, 0.05) is 12.6 Å². The number of rotatable bonds is 5. The van der Waals surface area contributed by atoms with Gasteiger partial charge in [-0.25, -0.2) is 0 Å². The lowest BCUT2D eigenvalue weighted by Gasteiger charge is -2.25. The van der Waals surface area contributed by atoms with Crippen molar-refractivity contribution in [2.75, 3.05) is 20.3 Å². The van der Waals surface area contributed by atoms with Crippen LogP contribution in [0.1, 0.15) is 32.6 Å². The van der Waals surface area contributed by atoms with Gasteiger partial charge < -0.3 is 15.2 Å². The number of hydrogen-bond donors (Lipinski definition) is 1. The number of ether oxygens (including phenoxy) is 2. The molecule has 0 bridgehead atoms. The van der Waals surface area contributed by atoms with E-state index in [0.717, 1.165) is 12.8 Å². The highest BCUT2D eigenvalue weighted by atomic mass is 16.5. The predicted octanol–water partition coefficient (Wildman–Crippen LogP) is 1.31. The smallest absolute Gasteiger partial charge is 0.0781 e. The number of methoxy groups -OCH3 is 1. The van der Waals surface area contributed by atoms with Gasteiger partial charge in [-0.2, -0.15) is 0 Å². The van der Waals surface area contributed by atoms with Gasteiger partial charge in [0.1, 0.15) is 0 Å². The van der Waals surface area contributed by atoms with Gasteiger partial charge in [-0.3, -0.25) is 0 Å². The van der Waals surface area contributed by atoms with Crippen molar-refractivity contribution in [3.63, 3.8) is 0 Å². The van der Waals surface area contributed by atoms with E-state index in [4.69, 9.17) is 15.2 Å². The molecule has 0 spiro atoms. The second-order valence-electron chi connectivity index (χ2n) is 4.15. The molecule has 1 saturated carbocycles. The van der Waals surface area contributed by atoms with Crippen LogP contribution in [0.3, 0.4) is 0 Å². The highest BCUT2D eigenvalue weighted by Gasteiger charge is 2.29. The first-order chi connectivity index (χ1) is 6.16. The Morgan fingerprint density at radius 3 is 2.54 bits per heavy atom. The SMILES string of the molecule is COCC(C)OCC1(N)CCCC1. The van der Waals surface area contributed by atoms with Gasteiger partial charge in [0.2, 0.25) is 0 Å². The summed E-state index contributed by atoms with van der Waals surface area (Å²) in [6.07, 6.45) is 4.86. The topological polar surface area (TPSA) is 44.5 Å². The molecule has 1 aliphatic rings. The third-order valence-electron chi connectivity index (χ3n) is 2.66. The third kappa shape index (κ3) is 3.63. The molecule has 0 aromatic rings. The van der Waals surface area contributed by atoms with Crippen molar-refractivity contribution < 1.29 is 9.47 Å². The first-order valence-corrected chi connectivity index (χ1v) is 5.06. The van der Waals surface area contributed by atoms with E-state index in [0.29, 0.717) is 13.2 Å². The zero-order chi connectivity index (χ0) is 9.73. The van der Waals surface area contributed by atoms with Crippen LogP contribution in [-0.2, 0) is 9.47 Å². The molecular formula is C10H21NO2. The summed E-state index contributed by atoms with van der Waals surface area (Å²) < 4.78 is 10.6. The summed E-state index contributed by atoms with van der Waals surface area (Å²) in [4.78, 5) is 0. The maximum absolute atomic E-state index is 6.14. The Morgan fingerprint density at radius 1 is 1.38 bits per heavy atom. The fourth-order valence-electron chi connectivity index (χ4n) is 1.81. The quantitative estimate of drug-likeness (QED) is 0.705. The van der Waals surface area contributed by atoms with Crippen LogP contribution in [0, 0.1) is 0 Å². The summed E-state index contributed by atoms with van der Waals surface area (Å²) in [5, 5.41) is 0. The van der Waals surface area contributed by atoms with Crippen LogP contribution in [0.15, 0.2) is 0 Å². The van der Waals surface area contributed by atoms with Gasteiger partial charge in [-0.15, -0.1) is 0 Å². The van der Waals surface area contributed by atoms with Crippen molar-refractivity contribution in [2.45, 2.75) is 44.2 Å². The molecule has 0 radical (unpaired) electrons. The molecule has 0 aromatic carbocycles. The summed E-state index contributed by atoms with van der Waals surface area (Å²) >= 11 is 0. The molecule has 1 fully saturated rings. The third-order valence-corrected chi connectivity index (χ3v) is 2.66. The van der Waals surface area contributed by atoms with Crippen molar-refractivity contribution in [3.05, 3.63) is 0 Å². The first kappa shape index (κ1) is 11.0. The van der Waals surface area contributed by atoms with Crippen molar-refractivity contribution in [2.24, 2.45) is 5.73 Å². The molecule has 3 nitrogen and oxygen atoms in total. The molecule has 78 valence electrons. The number of hydrogen-bond acceptors (Lipinski definition) is 3. The second kappa shape index (κ2) is 4.94. The van der Waals surface area contributed by atoms with Crippen LogP contribution in [0.25, 0.3) is 0 Å². The van der Waals surface area contributed by atoms with E-state index in [1.54, 1.807) is 7.11 Å². The van der Waals surface area contributed by atoms with Crippen LogP contribution in [-0.4, -0.2) is 32.0 Å². The molecule has 0 amide bonds. The molecule has 1 aliphatic carbocycles.